The third-order valence-corrected chi connectivity index (χ3v) is 1.79. The molecule has 0 N–H and O–H groups in total. The van der Waals surface area contributed by atoms with Crippen molar-refractivity contribution in [2.24, 2.45) is 0 Å². The monoisotopic (exact) mass is 206 g/mol. The van der Waals surface area contributed by atoms with E-state index in [1.807, 2.05) is 37.3 Å². The van der Waals surface area contributed by atoms with E-state index in [4.69, 9.17) is 4.74 Å². The van der Waals surface area contributed by atoms with Crippen LogP contribution in [-0.2, 0) is 9.53 Å². The molecule has 0 aliphatic rings. The first-order valence-corrected chi connectivity index (χ1v) is 4.66. The predicted molar refractivity (Wildman–Crippen MR) is 57.5 cm³/mol. The average molecular weight is 206 g/mol. The molecule has 0 aliphatic heterocycles. The summed E-state index contributed by atoms with van der Waals surface area (Å²) in [6.07, 6.45) is 1.82. The van der Waals surface area contributed by atoms with Gasteiger partial charge >= 0.3 is 5.97 Å². The summed E-state index contributed by atoms with van der Waals surface area (Å²) in [6, 6.07) is 9.39. The molecule has 0 heterocycles. The van der Waals surface area contributed by atoms with Gasteiger partial charge in [-0.2, -0.15) is 0 Å². The second-order valence-corrected chi connectivity index (χ2v) is 3.15. The first-order chi connectivity index (χ1) is 7.22. The second-order valence-electron chi connectivity index (χ2n) is 3.15. The van der Waals surface area contributed by atoms with Crippen LogP contribution in [0.1, 0.15) is 13.3 Å². The summed E-state index contributed by atoms with van der Waals surface area (Å²) in [4.78, 5) is 10.9. The van der Waals surface area contributed by atoms with Gasteiger partial charge in [-0.05, 0) is 24.6 Å². The summed E-state index contributed by atoms with van der Waals surface area (Å²) in [6.45, 7) is 1.82. The van der Waals surface area contributed by atoms with Crippen molar-refractivity contribution in [1.82, 2.24) is 0 Å². The second kappa shape index (κ2) is 5.86. The van der Waals surface area contributed by atoms with Crippen molar-refractivity contribution in [2.75, 3.05) is 7.11 Å². The Morgan fingerprint density at radius 1 is 1.33 bits per heavy atom. The lowest BCUT2D eigenvalue weighted by Gasteiger charge is -2.02. The Morgan fingerprint density at radius 3 is 2.60 bits per heavy atom. The predicted octanol–water partition coefficient (Wildman–Crippen LogP) is 2.53. The number of rotatable bonds is 4. The van der Waals surface area contributed by atoms with Crippen molar-refractivity contribution >= 4 is 5.97 Å². The number of carbonyl (C=O) groups excluding carboxylic acids is 1. The lowest BCUT2D eigenvalue weighted by Crippen LogP contribution is -2.00. The molecule has 3 heteroatoms. The summed E-state index contributed by atoms with van der Waals surface area (Å²) >= 11 is 0. The number of methoxy groups -OCH3 is 1. The van der Waals surface area contributed by atoms with Crippen LogP contribution in [0.3, 0.4) is 0 Å². The highest BCUT2D eigenvalue weighted by atomic mass is 16.5. The van der Waals surface area contributed by atoms with Gasteiger partial charge in [0.05, 0.1) is 19.8 Å². The highest BCUT2D eigenvalue weighted by Crippen LogP contribution is 2.10. The minimum Gasteiger partial charge on any atom is -0.469 e. The van der Waals surface area contributed by atoms with Gasteiger partial charge in [-0.1, -0.05) is 18.2 Å². The fourth-order valence-corrected chi connectivity index (χ4v) is 1.01. The van der Waals surface area contributed by atoms with Crippen LogP contribution in [0.15, 0.2) is 42.2 Å². The Balaban J connectivity index is 2.47. The first kappa shape index (κ1) is 11.3. The molecule has 3 nitrogen and oxygen atoms in total. The fourth-order valence-electron chi connectivity index (χ4n) is 1.01. The van der Waals surface area contributed by atoms with Gasteiger partial charge in [0.15, 0.2) is 0 Å². The van der Waals surface area contributed by atoms with Crippen molar-refractivity contribution in [3.63, 3.8) is 0 Å². The molecule has 1 aromatic carbocycles. The van der Waals surface area contributed by atoms with E-state index in [9.17, 15) is 4.79 Å². The van der Waals surface area contributed by atoms with E-state index in [-0.39, 0.29) is 12.4 Å². The van der Waals surface area contributed by atoms with E-state index in [0.29, 0.717) is 0 Å². The molecule has 15 heavy (non-hydrogen) atoms. The van der Waals surface area contributed by atoms with Crippen LogP contribution in [0.25, 0.3) is 0 Å². The highest BCUT2D eigenvalue weighted by Gasteiger charge is 2.01. The summed E-state index contributed by atoms with van der Waals surface area (Å²) in [5.41, 5.74) is 0.825. The molecule has 0 saturated carbocycles. The molecule has 0 radical (unpaired) electrons. The topological polar surface area (TPSA) is 35.5 Å². The Kier molecular flexibility index (Phi) is 4.41. The number of hydrogen-bond acceptors (Lipinski definition) is 3. The largest absolute Gasteiger partial charge is 0.469 e. The summed E-state index contributed by atoms with van der Waals surface area (Å²) in [5.74, 6) is 0.488. The van der Waals surface area contributed by atoms with E-state index >= 15 is 0 Å². The van der Waals surface area contributed by atoms with Crippen molar-refractivity contribution in [3.05, 3.63) is 42.2 Å². The standard InChI is InChI=1S/C12H14O3/c1-10(8-12(13)14-2)9-15-11-6-4-3-5-7-11/h3-7,9H,8H2,1-2H3/b10-9-. The summed E-state index contributed by atoms with van der Waals surface area (Å²) < 4.78 is 9.88. The molecule has 0 amide bonds. The third-order valence-electron chi connectivity index (χ3n) is 1.79. The number of benzene rings is 1. The molecule has 0 unspecified atom stereocenters. The lowest BCUT2D eigenvalue weighted by molar-refractivity contribution is -0.139. The molecule has 0 fully saturated rings. The van der Waals surface area contributed by atoms with E-state index < -0.39 is 0 Å². The average Bonchev–Trinajstić information content (AvgIpc) is 2.27. The maximum atomic E-state index is 10.9. The van der Waals surface area contributed by atoms with Crippen LogP contribution in [0.2, 0.25) is 0 Å². The van der Waals surface area contributed by atoms with E-state index in [1.54, 1.807) is 6.26 Å². The quantitative estimate of drug-likeness (QED) is 0.561. The van der Waals surface area contributed by atoms with Crippen molar-refractivity contribution in [3.8, 4) is 5.75 Å². The maximum absolute atomic E-state index is 10.9. The molecule has 0 aromatic heterocycles. The summed E-state index contributed by atoms with van der Waals surface area (Å²) in [7, 11) is 1.37. The van der Waals surface area contributed by atoms with Crippen molar-refractivity contribution in [1.29, 1.82) is 0 Å². The zero-order valence-electron chi connectivity index (χ0n) is 8.90. The minimum atomic E-state index is -0.264. The van der Waals surface area contributed by atoms with Crippen molar-refractivity contribution in [2.45, 2.75) is 13.3 Å². The zero-order valence-corrected chi connectivity index (χ0v) is 8.90. The SMILES string of the molecule is COC(=O)C/C(C)=C\Oc1ccccc1. The minimum absolute atomic E-state index is 0.253. The van der Waals surface area contributed by atoms with Gasteiger partial charge in [0.25, 0.3) is 0 Å². The molecule has 80 valence electrons. The van der Waals surface area contributed by atoms with Crippen LogP contribution in [0, 0.1) is 0 Å². The van der Waals surface area contributed by atoms with Gasteiger partial charge in [-0.25, -0.2) is 0 Å². The summed E-state index contributed by atoms with van der Waals surface area (Å²) in [5, 5.41) is 0. The Hall–Kier alpha value is -1.77. The van der Waals surface area contributed by atoms with E-state index in [1.165, 1.54) is 7.11 Å². The van der Waals surface area contributed by atoms with Gasteiger partial charge in [0.1, 0.15) is 5.75 Å². The van der Waals surface area contributed by atoms with E-state index in [0.717, 1.165) is 11.3 Å². The molecule has 0 spiro atoms. The number of esters is 1. The lowest BCUT2D eigenvalue weighted by atomic mass is 10.2. The molecule has 1 rings (SSSR count). The number of ether oxygens (including phenoxy) is 2. The van der Waals surface area contributed by atoms with Gasteiger partial charge in [0.2, 0.25) is 0 Å². The molecular formula is C12H14O3. The molecule has 1 aromatic rings. The number of hydrogen-bond donors (Lipinski definition) is 0. The van der Waals surface area contributed by atoms with Crippen LogP contribution >= 0.6 is 0 Å². The molecule has 0 aliphatic carbocycles. The van der Waals surface area contributed by atoms with Gasteiger partial charge in [-0.15, -0.1) is 0 Å². The van der Waals surface area contributed by atoms with Gasteiger partial charge < -0.3 is 9.47 Å². The molecule has 0 bridgehead atoms. The van der Waals surface area contributed by atoms with Crippen LogP contribution in [-0.4, -0.2) is 13.1 Å². The first-order valence-electron chi connectivity index (χ1n) is 4.66. The normalized spacial score (nSPS) is 10.9. The van der Waals surface area contributed by atoms with E-state index in [2.05, 4.69) is 4.74 Å². The van der Waals surface area contributed by atoms with Gasteiger partial charge in [-0.3, -0.25) is 4.79 Å². The smallest absolute Gasteiger partial charge is 0.309 e. The fraction of sp³-hybridized carbons (Fsp3) is 0.250. The number of carbonyl (C=O) groups is 1. The van der Waals surface area contributed by atoms with Gasteiger partial charge in [0, 0.05) is 0 Å². The van der Waals surface area contributed by atoms with Crippen LogP contribution in [0.5, 0.6) is 5.75 Å². The van der Waals surface area contributed by atoms with Crippen molar-refractivity contribution < 1.29 is 14.3 Å². The Labute approximate surface area is 89.3 Å². The van der Waals surface area contributed by atoms with Crippen LogP contribution < -0.4 is 4.74 Å². The molecular weight excluding hydrogens is 192 g/mol. The molecule has 0 saturated heterocycles. The Morgan fingerprint density at radius 2 is 2.00 bits per heavy atom. The third kappa shape index (κ3) is 4.31. The zero-order chi connectivity index (χ0) is 11.1. The Bertz CT molecular complexity index is 341. The maximum Gasteiger partial charge on any atom is 0.309 e. The highest BCUT2D eigenvalue weighted by molar-refractivity contribution is 5.71. The molecule has 0 atom stereocenters. The number of para-hydroxylation sites is 1. The van der Waals surface area contributed by atoms with Crippen LogP contribution in [0.4, 0.5) is 0 Å².